The maximum Gasteiger partial charge on any atom is 0.414 e. The van der Waals surface area contributed by atoms with E-state index in [9.17, 15) is 4.79 Å². The molecule has 0 unspecified atom stereocenters. The van der Waals surface area contributed by atoms with Crippen LogP contribution in [0.25, 0.3) is 0 Å². The van der Waals surface area contributed by atoms with Gasteiger partial charge in [0.25, 0.3) is 0 Å². The van der Waals surface area contributed by atoms with E-state index in [-0.39, 0.29) is 16.6 Å². The van der Waals surface area contributed by atoms with Gasteiger partial charge < -0.3 is 9.84 Å². The van der Waals surface area contributed by atoms with Crippen LogP contribution in [0.1, 0.15) is 26.3 Å². The first-order valence-corrected chi connectivity index (χ1v) is 10.6. The van der Waals surface area contributed by atoms with E-state index in [0.717, 1.165) is 11.3 Å². The molecule has 1 aromatic rings. The molecule has 0 bridgehead atoms. The Morgan fingerprint density at radius 3 is 2.04 bits per heavy atom. The van der Waals surface area contributed by atoms with Gasteiger partial charge >= 0.3 is 6.09 Å². The van der Waals surface area contributed by atoms with Gasteiger partial charge in [0.1, 0.15) is 6.10 Å². The summed E-state index contributed by atoms with van der Waals surface area (Å²) in [7, 11) is -0.340. The van der Waals surface area contributed by atoms with Gasteiger partial charge in [0.15, 0.2) is 0 Å². The van der Waals surface area contributed by atoms with Crippen molar-refractivity contribution in [3.05, 3.63) is 29.8 Å². The number of ether oxygens (including phenoxy) is 1. The van der Waals surface area contributed by atoms with Crippen LogP contribution in [-0.4, -0.2) is 54.0 Å². The lowest BCUT2D eigenvalue weighted by Gasteiger charge is -2.40. The number of aryl methyl sites for hydroxylation is 1. The van der Waals surface area contributed by atoms with E-state index in [4.69, 9.17) is 9.84 Å². The van der Waals surface area contributed by atoms with Crippen molar-refractivity contribution in [1.29, 1.82) is 0 Å². The third-order valence-corrected chi connectivity index (χ3v) is 7.93. The number of hydrogen-bond acceptors (Lipinski definition) is 3. The molecule has 0 aromatic heterocycles. The van der Waals surface area contributed by atoms with Gasteiger partial charge in [0.2, 0.25) is 0 Å². The minimum atomic E-state index is -0.404. The number of cyclic esters (lactones) is 1. The number of rotatable bonds is 2. The van der Waals surface area contributed by atoms with E-state index in [0.29, 0.717) is 11.3 Å². The van der Waals surface area contributed by atoms with Gasteiger partial charge in [-0.15, -0.1) is 0 Å². The Labute approximate surface area is 142 Å². The van der Waals surface area contributed by atoms with Crippen LogP contribution in [0.2, 0.25) is 0 Å². The Bertz CT molecular complexity index is 503. The number of anilines is 1. The number of benzene rings is 1. The molecular weight excluding hydrogens is 310 g/mol. The summed E-state index contributed by atoms with van der Waals surface area (Å²) in [5.41, 5.74) is 1.95. The third kappa shape index (κ3) is 5.74. The molecule has 1 saturated heterocycles. The van der Waals surface area contributed by atoms with Crippen LogP contribution < -0.4 is 4.90 Å². The first kappa shape index (κ1) is 19.8. The van der Waals surface area contributed by atoms with Crippen molar-refractivity contribution >= 4 is 21.8 Å². The second-order valence-electron chi connectivity index (χ2n) is 7.58. The quantitative estimate of drug-likeness (QED) is 0.890. The number of hydrogen-bond donors (Lipinski definition) is 1. The summed E-state index contributed by atoms with van der Waals surface area (Å²) in [5.74, 6) is 0. The Morgan fingerprint density at radius 2 is 1.70 bits per heavy atom. The van der Waals surface area contributed by atoms with Gasteiger partial charge in [-0.2, -0.15) is 0 Å². The second kappa shape index (κ2) is 7.58. The topological polar surface area (TPSA) is 49.8 Å². The fraction of sp³-hybridized carbons (Fsp3) is 0.611. The lowest BCUT2D eigenvalue weighted by atomic mass is 10.2. The van der Waals surface area contributed by atoms with E-state index in [1.807, 2.05) is 31.2 Å². The molecule has 1 aliphatic rings. The predicted molar refractivity (Wildman–Crippen MR) is 101 cm³/mol. The van der Waals surface area contributed by atoms with E-state index >= 15 is 0 Å². The molecular formula is C18H31NO3S. The molecule has 1 aliphatic heterocycles. The minimum absolute atomic E-state index is 0.131. The predicted octanol–water partition coefficient (Wildman–Crippen LogP) is 3.79. The third-order valence-electron chi connectivity index (χ3n) is 4.26. The summed E-state index contributed by atoms with van der Waals surface area (Å²) in [6.45, 7) is 9.20. The van der Waals surface area contributed by atoms with Crippen molar-refractivity contribution in [2.45, 2.75) is 38.5 Å². The van der Waals surface area contributed by atoms with Gasteiger partial charge in [0, 0.05) is 5.69 Å². The standard InChI is InChI=1S/C11H13NO3.C7H18S/c1-8-2-4-9(5-3-8)12-6-10(7-13)15-11(12)14;1-7(2,3)8(4,5)6/h2-5,10,13H,6-7H2,1H3;1-6H3/t10-;/m1./s1. The van der Waals surface area contributed by atoms with Gasteiger partial charge in [-0.1, -0.05) is 38.5 Å². The molecule has 1 amide bonds. The molecule has 2 rings (SSSR count). The number of amides is 1. The molecule has 0 spiro atoms. The molecule has 1 aromatic carbocycles. The highest BCUT2D eigenvalue weighted by Gasteiger charge is 2.31. The van der Waals surface area contributed by atoms with Gasteiger partial charge in [-0.3, -0.25) is 4.90 Å². The van der Waals surface area contributed by atoms with Crippen molar-refractivity contribution < 1.29 is 14.6 Å². The molecule has 23 heavy (non-hydrogen) atoms. The van der Waals surface area contributed by atoms with Crippen LogP contribution in [0.3, 0.4) is 0 Å². The van der Waals surface area contributed by atoms with E-state index in [1.54, 1.807) is 0 Å². The highest BCUT2D eigenvalue weighted by molar-refractivity contribution is 8.33. The lowest BCUT2D eigenvalue weighted by Crippen LogP contribution is -2.25. The lowest BCUT2D eigenvalue weighted by molar-refractivity contribution is 0.0963. The Hall–Kier alpha value is -1.20. The summed E-state index contributed by atoms with van der Waals surface area (Å²) < 4.78 is 5.47. The highest BCUT2D eigenvalue weighted by atomic mass is 32.3. The van der Waals surface area contributed by atoms with Gasteiger partial charge in [-0.25, -0.2) is 14.8 Å². The summed E-state index contributed by atoms with van der Waals surface area (Å²) >= 11 is 0. The molecule has 132 valence electrons. The van der Waals surface area contributed by atoms with Crippen molar-refractivity contribution in [1.82, 2.24) is 0 Å². The van der Waals surface area contributed by atoms with Crippen molar-refractivity contribution in [2.24, 2.45) is 0 Å². The fourth-order valence-corrected chi connectivity index (χ4v) is 1.55. The number of aliphatic hydroxyl groups excluding tert-OH is 1. The molecule has 1 N–H and O–H groups in total. The molecule has 0 radical (unpaired) electrons. The van der Waals surface area contributed by atoms with Crippen LogP contribution in [0.15, 0.2) is 24.3 Å². The van der Waals surface area contributed by atoms with E-state index in [1.165, 1.54) is 4.90 Å². The van der Waals surface area contributed by atoms with Crippen LogP contribution in [0.5, 0.6) is 0 Å². The SMILES string of the molecule is CC(C)(C)S(C)(C)C.Cc1ccc(N2C[C@H](CO)OC2=O)cc1. The first-order chi connectivity index (χ1) is 10.5. The number of nitrogens with zero attached hydrogens (tertiary/aromatic N) is 1. The highest BCUT2D eigenvalue weighted by Crippen LogP contribution is 2.48. The van der Waals surface area contributed by atoms with Crippen LogP contribution >= 0.6 is 10.0 Å². The van der Waals surface area contributed by atoms with Crippen LogP contribution in [-0.2, 0) is 4.74 Å². The first-order valence-electron chi connectivity index (χ1n) is 7.79. The molecule has 1 fully saturated rings. The normalized spacial score (nSPS) is 19.0. The number of aliphatic hydroxyl groups is 1. The zero-order chi connectivity index (χ0) is 17.8. The largest absolute Gasteiger partial charge is 0.441 e. The molecule has 0 aliphatic carbocycles. The summed E-state index contributed by atoms with van der Waals surface area (Å²) in [5, 5.41) is 8.89. The maximum absolute atomic E-state index is 11.4. The van der Waals surface area contributed by atoms with E-state index in [2.05, 4.69) is 39.5 Å². The average Bonchev–Trinajstić information content (AvgIpc) is 2.79. The summed E-state index contributed by atoms with van der Waals surface area (Å²) in [6, 6.07) is 7.62. The van der Waals surface area contributed by atoms with Crippen molar-refractivity contribution in [2.75, 3.05) is 36.8 Å². The Balaban J connectivity index is 0.000000284. The number of carbonyl (C=O) groups is 1. The van der Waals surface area contributed by atoms with Crippen molar-refractivity contribution in [3.8, 4) is 0 Å². The monoisotopic (exact) mass is 341 g/mol. The van der Waals surface area contributed by atoms with Crippen LogP contribution in [0.4, 0.5) is 10.5 Å². The summed E-state index contributed by atoms with van der Waals surface area (Å²) in [6.07, 6.45) is 6.27. The Morgan fingerprint density at radius 1 is 1.22 bits per heavy atom. The van der Waals surface area contributed by atoms with Crippen LogP contribution in [0, 0.1) is 6.92 Å². The van der Waals surface area contributed by atoms with Crippen molar-refractivity contribution in [3.63, 3.8) is 0 Å². The zero-order valence-electron chi connectivity index (χ0n) is 15.4. The Kier molecular flexibility index (Phi) is 6.54. The van der Waals surface area contributed by atoms with E-state index < -0.39 is 12.2 Å². The molecule has 0 saturated carbocycles. The van der Waals surface area contributed by atoms with Gasteiger partial charge in [-0.05, 0) is 42.6 Å². The van der Waals surface area contributed by atoms with Gasteiger partial charge in [0.05, 0.1) is 13.2 Å². The minimum Gasteiger partial charge on any atom is -0.441 e. The average molecular weight is 342 g/mol. The fourth-order valence-electron chi connectivity index (χ4n) is 1.55. The molecule has 1 atom stereocenters. The molecule has 1 heterocycles. The maximum atomic E-state index is 11.4. The second-order valence-corrected chi connectivity index (χ2v) is 12.5. The smallest absolute Gasteiger partial charge is 0.414 e. The molecule has 5 heteroatoms. The number of carbonyl (C=O) groups excluding carboxylic acids is 1. The summed E-state index contributed by atoms with van der Waals surface area (Å²) in [4.78, 5) is 12.9. The molecule has 4 nitrogen and oxygen atoms in total. The zero-order valence-corrected chi connectivity index (χ0v) is 16.2.